The van der Waals surface area contributed by atoms with Gasteiger partial charge in [-0.15, -0.1) is 0 Å². The molecule has 0 radical (unpaired) electrons. The second-order valence-electron chi connectivity index (χ2n) is 4.99. The van der Waals surface area contributed by atoms with Crippen molar-refractivity contribution in [2.75, 3.05) is 20.3 Å². The van der Waals surface area contributed by atoms with E-state index in [-0.39, 0.29) is 19.1 Å². The fourth-order valence-electron chi connectivity index (χ4n) is 1.46. The number of carbonyl (C=O) groups is 1. The van der Waals surface area contributed by atoms with E-state index in [1.165, 1.54) is 11.0 Å². The summed E-state index contributed by atoms with van der Waals surface area (Å²) >= 11 is 6.06. The number of rotatable bonds is 3. The van der Waals surface area contributed by atoms with Gasteiger partial charge in [0.1, 0.15) is 6.61 Å². The Balaban J connectivity index is 3.04. The van der Waals surface area contributed by atoms with Gasteiger partial charge >= 0.3 is 0 Å². The van der Waals surface area contributed by atoms with Crippen LogP contribution in [0, 0.1) is 11.8 Å². The first-order valence-corrected chi connectivity index (χ1v) is 6.49. The van der Waals surface area contributed by atoms with Gasteiger partial charge in [-0.25, -0.2) is 0 Å². The number of carbonyl (C=O) groups excluding carboxylic acids is 1. The fourth-order valence-corrected chi connectivity index (χ4v) is 1.69. The van der Waals surface area contributed by atoms with Crippen LogP contribution < -0.4 is 0 Å². The highest BCUT2D eigenvalue weighted by Crippen LogP contribution is 2.20. The number of aliphatic hydroxyl groups excluding tert-OH is 2. The molecule has 1 aromatic rings. The van der Waals surface area contributed by atoms with Gasteiger partial charge in [0.25, 0.3) is 5.91 Å². The van der Waals surface area contributed by atoms with E-state index in [0.717, 1.165) is 0 Å². The Labute approximate surface area is 124 Å². The van der Waals surface area contributed by atoms with Crippen molar-refractivity contribution in [3.8, 4) is 11.8 Å². The summed E-state index contributed by atoms with van der Waals surface area (Å²) in [6.45, 7) is 3.16. The second-order valence-corrected chi connectivity index (χ2v) is 5.40. The summed E-state index contributed by atoms with van der Waals surface area (Å²) in [4.78, 5) is 13.8. The zero-order valence-corrected chi connectivity index (χ0v) is 12.5. The van der Waals surface area contributed by atoms with Crippen LogP contribution in [-0.4, -0.2) is 46.8 Å². The van der Waals surface area contributed by atoms with Crippen LogP contribution in [0.3, 0.4) is 0 Å². The molecule has 108 valence electrons. The van der Waals surface area contributed by atoms with Crippen LogP contribution in [0.25, 0.3) is 0 Å². The fraction of sp³-hybridized carbons (Fsp3) is 0.400. The third-order valence-electron chi connectivity index (χ3n) is 3.12. The molecule has 0 unspecified atom stereocenters. The lowest BCUT2D eigenvalue weighted by Gasteiger charge is -2.34. The van der Waals surface area contributed by atoms with E-state index in [1.807, 2.05) is 0 Å². The third-order valence-corrected chi connectivity index (χ3v) is 3.43. The van der Waals surface area contributed by atoms with E-state index >= 15 is 0 Å². The Kier molecular flexibility index (Phi) is 5.58. The lowest BCUT2D eigenvalue weighted by atomic mass is 10.0. The summed E-state index contributed by atoms with van der Waals surface area (Å²) in [6.07, 6.45) is 0. The highest BCUT2D eigenvalue weighted by molar-refractivity contribution is 6.32. The first-order chi connectivity index (χ1) is 9.33. The largest absolute Gasteiger partial charge is 0.394 e. The Morgan fingerprint density at radius 3 is 2.55 bits per heavy atom. The van der Waals surface area contributed by atoms with Crippen LogP contribution in [0.2, 0.25) is 5.02 Å². The summed E-state index contributed by atoms with van der Waals surface area (Å²) < 4.78 is 0. The monoisotopic (exact) mass is 295 g/mol. The minimum Gasteiger partial charge on any atom is -0.394 e. The van der Waals surface area contributed by atoms with Gasteiger partial charge in [-0.05, 0) is 32.0 Å². The number of hydrogen-bond acceptors (Lipinski definition) is 3. The van der Waals surface area contributed by atoms with Crippen LogP contribution in [0.1, 0.15) is 29.8 Å². The number of halogens is 1. The van der Waals surface area contributed by atoms with E-state index < -0.39 is 5.54 Å². The smallest absolute Gasteiger partial charge is 0.254 e. The van der Waals surface area contributed by atoms with Crippen molar-refractivity contribution < 1.29 is 15.0 Å². The third kappa shape index (κ3) is 3.73. The Bertz CT molecular complexity index is 558. The minimum absolute atomic E-state index is 0.136. The molecule has 0 aliphatic rings. The summed E-state index contributed by atoms with van der Waals surface area (Å²) in [5, 5.41) is 18.3. The molecule has 0 heterocycles. The number of hydrogen-bond donors (Lipinski definition) is 2. The molecule has 2 N–H and O–H groups in total. The molecule has 20 heavy (non-hydrogen) atoms. The summed E-state index contributed by atoms with van der Waals surface area (Å²) in [5.74, 6) is 4.98. The van der Waals surface area contributed by atoms with Crippen molar-refractivity contribution in [3.63, 3.8) is 0 Å². The van der Waals surface area contributed by atoms with Crippen LogP contribution >= 0.6 is 11.6 Å². The van der Waals surface area contributed by atoms with Gasteiger partial charge in [-0.2, -0.15) is 0 Å². The van der Waals surface area contributed by atoms with Gasteiger partial charge in [0.05, 0.1) is 17.2 Å². The maximum absolute atomic E-state index is 12.3. The van der Waals surface area contributed by atoms with Crippen LogP contribution in [-0.2, 0) is 0 Å². The van der Waals surface area contributed by atoms with Crippen molar-refractivity contribution >= 4 is 17.5 Å². The summed E-state index contributed by atoms with van der Waals surface area (Å²) in [6, 6.07) is 4.80. The van der Waals surface area contributed by atoms with Crippen molar-refractivity contribution in [1.82, 2.24) is 4.90 Å². The maximum Gasteiger partial charge on any atom is 0.254 e. The zero-order valence-electron chi connectivity index (χ0n) is 11.8. The molecule has 5 heteroatoms. The average Bonchev–Trinajstić information content (AvgIpc) is 2.44. The molecule has 0 aliphatic heterocycles. The molecule has 0 aliphatic carbocycles. The number of amides is 1. The molecule has 4 nitrogen and oxygen atoms in total. The highest BCUT2D eigenvalue weighted by atomic mass is 35.5. The molecule has 0 saturated heterocycles. The SMILES string of the molecule is CN(C(=O)c1ccc(C#CCO)c(Cl)c1)C(C)(C)CO. The van der Waals surface area contributed by atoms with Crippen molar-refractivity contribution in [3.05, 3.63) is 34.3 Å². The topological polar surface area (TPSA) is 60.8 Å². The lowest BCUT2D eigenvalue weighted by Crippen LogP contribution is -2.47. The first kappa shape index (κ1) is 16.5. The molecule has 0 fully saturated rings. The molecule has 0 saturated carbocycles. The van der Waals surface area contributed by atoms with Gasteiger partial charge in [-0.1, -0.05) is 23.4 Å². The van der Waals surface area contributed by atoms with Gasteiger partial charge in [0.2, 0.25) is 0 Å². The van der Waals surface area contributed by atoms with Gasteiger partial charge in [0, 0.05) is 18.2 Å². The molecular formula is C15H18ClNO3. The number of benzene rings is 1. The Morgan fingerprint density at radius 2 is 2.05 bits per heavy atom. The highest BCUT2D eigenvalue weighted by Gasteiger charge is 2.27. The minimum atomic E-state index is -0.654. The van der Waals surface area contributed by atoms with E-state index in [9.17, 15) is 9.90 Å². The summed E-state index contributed by atoms with van der Waals surface area (Å²) in [5.41, 5.74) is 0.328. The molecule has 1 amide bonds. The molecule has 0 spiro atoms. The van der Waals surface area contributed by atoms with Crippen LogP contribution in [0.4, 0.5) is 0 Å². The number of nitrogens with zero attached hydrogens (tertiary/aromatic N) is 1. The molecule has 0 bridgehead atoms. The predicted molar refractivity (Wildman–Crippen MR) is 78.7 cm³/mol. The molecule has 0 aromatic heterocycles. The first-order valence-electron chi connectivity index (χ1n) is 6.12. The standard InChI is InChI=1S/C15H18ClNO3/c1-15(2,10-19)17(3)14(20)12-7-6-11(5-4-8-18)13(16)9-12/h6-7,9,18-19H,8,10H2,1-3H3. The van der Waals surface area contributed by atoms with E-state index in [4.69, 9.17) is 16.7 Å². The second kappa shape index (κ2) is 6.76. The normalized spacial score (nSPS) is 10.7. The van der Waals surface area contributed by atoms with E-state index in [0.29, 0.717) is 16.1 Å². The lowest BCUT2D eigenvalue weighted by molar-refractivity contribution is 0.0473. The molecule has 0 atom stereocenters. The van der Waals surface area contributed by atoms with Crippen molar-refractivity contribution in [1.29, 1.82) is 0 Å². The summed E-state index contributed by atoms with van der Waals surface area (Å²) in [7, 11) is 1.63. The quantitative estimate of drug-likeness (QED) is 0.831. The molecular weight excluding hydrogens is 278 g/mol. The van der Waals surface area contributed by atoms with E-state index in [2.05, 4.69) is 11.8 Å². The van der Waals surface area contributed by atoms with Gasteiger partial charge in [0.15, 0.2) is 0 Å². The van der Waals surface area contributed by atoms with Crippen molar-refractivity contribution in [2.45, 2.75) is 19.4 Å². The number of likely N-dealkylation sites (N-methyl/N-ethyl adjacent to an activating group) is 1. The maximum atomic E-state index is 12.3. The van der Waals surface area contributed by atoms with E-state index in [1.54, 1.807) is 33.0 Å². The Hall–Kier alpha value is -1.54. The molecule has 1 aromatic carbocycles. The average molecular weight is 296 g/mol. The van der Waals surface area contributed by atoms with Crippen LogP contribution in [0.15, 0.2) is 18.2 Å². The number of aliphatic hydroxyl groups is 2. The Morgan fingerprint density at radius 1 is 1.40 bits per heavy atom. The zero-order chi connectivity index (χ0) is 15.3. The predicted octanol–water partition coefficient (Wildman–Crippen LogP) is 1.53. The van der Waals surface area contributed by atoms with Gasteiger partial charge in [-0.3, -0.25) is 4.79 Å². The van der Waals surface area contributed by atoms with Gasteiger partial charge < -0.3 is 15.1 Å². The van der Waals surface area contributed by atoms with Crippen molar-refractivity contribution in [2.24, 2.45) is 0 Å². The molecule has 1 rings (SSSR count). The van der Waals surface area contributed by atoms with Crippen LogP contribution in [0.5, 0.6) is 0 Å².